The van der Waals surface area contributed by atoms with E-state index < -0.39 is 0 Å². The maximum Gasteiger partial charge on any atom is 0.250 e. The average molecular weight is 480 g/mol. The quantitative estimate of drug-likeness (QED) is 0.219. The highest BCUT2D eigenvalue weighted by atomic mass is 32.1. The van der Waals surface area contributed by atoms with E-state index >= 15 is 0 Å². The summed E-state index contributed by atoms with van der Waals surface area (Å²) in [7, 11) is 0. The summed E-state index contributed by atoms with van der Waals surface area (Å²) in [6, 6.07) is 26.8. The van der Waals surface area contributed by atoms with Crippen LogP contribution in [0.4, 0.5) is 5.69 Å². The minimum Gasteiger partial charge on any atom is -0.457 e. The Kier molecular flexibility index (Phi) is 6.24. The van der Waals surface area contributed by atoms with E-state index in [0.717, 1.165) is 39.2 Å². The van der Waals surface area contributed by atoms with Gasteiger partial charge in [0.2, 0.25) is 11.8 Å². The van der Waals surface area contributed by atoms with Crippen molar-refractivity contribution in [2.24, 2.45) is 0 Å². The van der Waals surface area contributed by atoms with Crippen LogP contribution in [0.5, 0.6) is 0 Å². The van der Waals surface area contributed by atoms with Gasteiger partial charge in [-0.2, -0.15) is 0 Å². The molecule has 3 aromatic carbocycles. The Morgan fingerprint density at radius 2 is 1.71 bits per heavy atom. The number of anilines is 1. The molecule has 0 radical (unpaired) electrons. The standard InChI is InChI=1S/C28H21N3O3S/c1-18-7-14-25-23(17-18)30-27(34-25)20-8-10-21(11-9-20)29-28(35)31-26(32)16-13-22-12-15-24(33-22)19-5-3-2-4-6-19/h2-17H,1H3,(H2,29,31,32,35)/b16-13+. The molecule has 0 aliphatic rings. The van der Waals surface area contributed by atoms with Gasteiger partial charge in [-0.15, -0.1) is 0 Å². The molecule has 7 heteroatoms. The van der Waals surface area contributed by atoms with Crippen LogP contribution < -0.4 is 10.6 Å². The number of rotatable bonds is 5. The smallest absolute Gasteiger partial charge is 0.250 e. The number of hydrogen-bond acceptors (Lipinski definition) is 5. The number of aryl methyl sites for hydroxylation is 1. The predicted molar refractivity (Wildman–Crippen MR) is 142 cm³/mol. The van der Waals surface area contributed by atoms with E-state index in [1.54, 1.807) is 6.08 Å². The number of fused-ring (bicyclic) bond motifs is 1. The van der Waals surface area contributed by atoms with Gasteiger partial charge in [0.1, 0.15) is 17.0 Å². The van der Waals surface area contributed by atoms with Crippen molar-refractivity contribution < 1.29 is 13.6 Å². The van der Waals surface area contributed by atoms with E-state index in [0.29, 0.717) is 11.7 Å². The van der Waals surface area contributed by atoms with Crippen LogP contribution in [-0.2, 0) is 4.79 Å². The van der Waals surface area contributed by atoms with E-state index in [1.165, 1.54) is 6.08 Å². The lowest BCUT2D eigenvalue weighted by Crippen LogP contribution is -2.32. The van der Waals surface area contributed by atoms with Crippen molar-refractivity contribution in [2.45, 2.75) is 6.92 Å². The lowest BCUT2D eigenvalue weighted by molar-refractivity contribution is -0.115. The number of hydrogen-bond donors (Lipinski definition) is 2. The summed E-state index contributed by atoms with van der Waals surface area (Å²) in [5.74, 6) is 1.49. The molecule has 0 aliphatic heterocycles. The van der Waals surface area contributed by atoms with Gasteiger partial charge < -0.3 is 14.2 Å². The zero-order valence-corrected chi connectivity index (χ0v) is 19.6. The topological polar surface area (TPSA) is 80.3 Å². The number of aromatic nitrogens is 1. The van der Waals surface area contributed by atoms with Crippen molar-refractivity contribution in [3.8, 4) is 22.8 Å². The monoisotopic (exact) mass is 479 g/mol. The molecule has 1 amide bonds. The molecule has 0 aliphatic carbocycles. The average Bonchev–Trinajstić information content (AvgIpc) is 3.51. The molecule has 0 saturated heterocycles. The Hall–Kier alpha value is -4.49. The predicted octanol–water partition coefficient (Wildman–Crippen LogP) is 6.59. The molecule has 2 N–H and O–H groups in total. The first-order chi connectivity index (χ1) is 17.0. The zero-order valence-electron chi connectivity index (χ0n) is 18.8. The number of nitrogens with one attached hydrogen (secondary N) is 2. The molecular formula is C28H21N3O3S. The Bertz CT molecular complexity index is 1530. The first-order valence-electron chi connectivity index (χ1n) is 11.0. The molecule has 0 unspecified atom stereocenters. The fourth-order valence-corrected chi connectivity index (χ4v) is 3.75. The molecule has 0 fully saturated rings. The van der Waals surface area contributed by atoms with Gasteiger partial charge in [-0.1, -0.05) is 36.4 Å². The van der Waals surface area contributed by atoms with Crippen LogP contribution in [0.3, 0.4) is 0 Å². The third kappa shape index (κ3) is 5.37. The van der Waals surface area contributed by atoms with Crippen LogP contribution in [-0.4, -0.2) is 16.0 Å². The van der Waals surface area contributed by atoms with Gasteiger partial charge in [-0.25, -0.2) is 4.98 Å². The van der Waals surface area contributed by atoms with Crippen LogP contribution in [0.1, 0.15) is 11.3 Å². The lowest BCUT2D eigenvalue weighted by Gasteiger charge is -2.08. The third-order valence-electron chi connectivity index (χ3n) is 5.25. The molecule has 5 aromatic rings. The molecular weight excluding hydrogens is 458 g/mol. The first kappa shape index (κ1) is 22.3. The van der Waals surface area contributed by atoms with E-state index in [1.807, 2.05) is 91.9 Å². The number of benzene rings is 3. The summed E-state index contributed by atoms with van der Waals surface area (Å²) < 4.78 is 11.6. The molecule has 172 valence electrons. The number of thiocarbonyl (C=S) groups is 1. The SMILES string of the molecule is Cc1ccc2oc(-c3ccc(NC(=S)NC(=O)/C=C/c4ccc(-c5ccccc5)o4)cc3)nc2c1. The zero-order chi connectivity index (χ0) is 24.2. The Morgan fingerprint density at radius 1 is 0.914 bits per heavy atom. The number of amides is 1. The Labute approximate surface area is 207 Å². The summed E-state index contributed by atoms with van der Waals surface area (Å²) in [5.41, 5.74) is 5.24. The van der Waals surface area contributed by atoms with Crippen molar-refractivity contribution in [3.63, 3.8) is 0 Å². The number of oxazole rings is 1. The highest BCUT2D eigenvalue weighted by Crippen LogP contribution is 2.26. The summed E-state index contributed by atoms with van der Waals surface area (Å²) in [6.07, 6.45) is 2.97. The van der Waals surface area contributed by atoms with Gasteiger partial charge >= 0.3 is 0 Å². The van der Waals surface area contributed by atoms with Crippen molar-refractivity contribution in [2.75, 3.05) is 5.32 Å². The van der Waals surface area contributed by atoms with Gasteiger partial charge in [0.05, 0.1) is 0 Å². The van der Waals surface area contributed by atoms with E-state index in [9.17, 15) is 4.79 Å². The lowest BCUT2D eigenvalue weighted by atomic mass is 10.2. The fourth-order valence-electron chi connectivity index (χ4n) is 3.53. The van der Waals surface area contributed by atoms with Gasteiger partial charge in [0.25, 0.3) is 0 Å². The molecule has 2 heterocycles. The summed E-state index contributed by atoms with van der Waals surface area (Å²) >= 11 is 5.26. The summed E-state index contributed by atoms with van der Waals surface area (Å²) in [4.78, 5) is 16.8. The van der Waals surface area contributed by atoms with Gasteiger partial charge in [0.15, 0.2) is 10.7 Å². The molecule has 35 heavy (non-hydrogen) atoms. The number of carbonyl (C=O) groups is 1. The second kappa shape index (κ2) is 9.79. The maximum atomic E-state index is 12.3. The van der Waals surface area contributed by atoms with Crippen molar-refractivity contribution in [1.29, 1.82) is 0 Å². The number of nitrogens with zero attached hydrogens (tertiary/aromatic N) is 1. The summed E-state index contributed by atoms with van der Waals surface area (Å²) in [5, 5.41) is 5.82. The van der Waals surface area contributed by atoms with E-state index in [4.69, 9.17) is 21.1 Å². The maximum absolute atomic E-state index is 12.3. The van der Waals surface area contributed by atoms with Crippen LogP contribution >= 0.6 is 12.2 Å². The second-order valence-electron chi connectivity index (χ2n) is 7.91. The van der Waals surface area contributed by atoms with Crippen molar-refractivity contribution in [1.82, 2.24) is 10.3 Å². The molecule has 6 nitrogen and oxygen atoms in total. The normalized spacial score (nSPS) is 11.1. The Morgan fingerprint density at radius 3 is 2.51 bits per heavy atom. The molecule has 0 spiro atoms. The highest BCUT2D eigenvalue weighted by molar-refractivity contribution is 7.80. The molecule has 2 aromatic heterocycles. The van der Waals surface area contributed by atoms with Crippen LogP contribution in [0.25, 0.3) is 40.0 Å². The number of carbonyl (C=O) groups excluding carboxylic acids is 1. The van der Waals surface area contributed by atoms with Gasteiger partial charge in [-0.05, 0) is 79.3 Å². The minimum absolute atomic E-state index is 0.189. The van der Waals surface area contributed by atoms with E-state index in [2.05, 4.69) is 15.6 Å². The molecule has 0 saturated carbocycles. The van der Waals surface area contributed by atoms with Crippen molar-refractivity contribution >= 4 is 46.1 Å². The Balaban J connectivity index is 1.17. The van der Waals surface area contributed by atoms with Gasteiger partial charge in [-0.3, -0.25) is 10.1 Å². The van der Waals surface area contributed by atoms with Gasteiger partial charge in [0, 0.05) is 22.9 Å². The van der Waals surface area contributed by atoms with Crippen LogP contribution in [0.2, 0.25) is 0 Å². The van der Waals surface area contributed by atoms with Crippen LogP contribution in [0, 0.1) is 6.92 Å². The fraction of sp³-hybridized carbons (Fsp3) is 0.0357. The van der Waals surface area contributed by atoms with Crippen LogP contribution in [0.15, 0.2) is 99.8 Å². The largest absolute Gasteiger partial charge is 0.457 e. The first-order valence-corrected chi connectivity index (χ1v) is 11.4. The summed E-state index contributed by atoms with van der Waals surface area (Å²) in [6.45, 7) is 2.02. The molecule has 0 bridgehead atoms. The van der Waals surface area contributed by atoms with E-state index in [-0.39, 0.29) is 11.0 Å². The molecule has 5 rings (SSSR count). The minimum atomic E-state index is -0.362. The number of furan rings is 1. The third-order valence-corrected chi connectivity index (χ3v) is 5.46. The van der Waals surface area contributed by atoms with Crippen molar-refractivity contribution in [3.05, 3.63) is 102 Å². The second-order valence-corrected chi connectivity index (χ2v) is 8.32. The molecule has 0 atom stereocenters. The highest BCUT2D eigenvalue weighted by Gasteiger charge is 2.09.